The van der Waals surface area contributed by atoms with E-state index in [4.69, 9.17) is 40.0 Å². The molecule has 0 unspecified atom stereocenters. The summed E-state index contributed by atoms with van der Waals surface area (Å²) in [6, 6.07) is 11.1. The van der Waals surface area contributed by atoms with Gasteiger partial charge >= 0.3 is 5.97 Å². The van der Waals surface area contributed by atoms with Crippen molar-refractivity contribution in [1.29, 1.82) is 0 Å². The molecule has 46 heavy (non-hydrogen) atoms. The summed E-state index contributed by atoms with van der Waals surface area (Å²) in [7, 11) is 4.57. The number of nitrogens with one attached hydrogen (secondary N) is 1. The first-order valence-corrected chi connectivity index (χ1v) is 14.7. The number of fused-ring (bicyclic) bond motifs is 3. The number of benzene rings is 3. The molecular formula is C32H28ClFN4O8. The lowest BCUT2D eigenvalue weighted by molar-refractivity contribution is -0.141. The number of nitrogens with zero attached hydrogens (tertiary/aromatic N) is 3. The Balaban J connectivity index is 1.26. The molecule has 1 amide bonds. The van der Waals surface area contributed by atoms with E-state index in [2.05, 4.69) is 15.6 Å². The van der Waals surface area contributed by atoms with Crippen LogP contribution in [0.1, 0.15) is 44.7 Å². The van der Waals surface area contributed by atoms with E-state index in [1.54, 1.807) is 6.07 Å². The zero-order valence-electron chi connectivity index (χ0n) is 24.9. The van der Waals surface area contributed by atoms with E-state index >= 15 is 0 Å². The minimum absolute atomic E-state index is 0.0120. The molecule has 1 fully saturated rings. The van der Waals surface area contributed by atoms with Crippen molar-refractivity contribution in [1.82, 2.24) is 20.3 Å². The lowest BCUT2D eigenvalue weighted by Crippen LogP contribution is -2.43. The molecule has 1 aliphatic carbocycles. The number of cyclic esters (lactones) is 1. The van der Waals surface area contributed by atoms with Crippen LogP contribution in [0.2, 0.25) is 5.02 Å². The largest absolute Gasteiger partial charge is 0.493 e. The average Bonchev–Trinajstić information content (AvgIpc) is 3.81. The van der Waals surface area contributed by atoms with Gasteiger partial charge in [-0.15, -0.1) is 5.10 Å². The Bertz CT molecular complexity index is 1840. The average molecular weight is 651 g/mol. The van der Waals surface area contributed by atoms with E-state index in [9.17, 15) is 14.0 Å². The zero-order valence-corrected chi connectivity index (χ0v) is 25.7. The van der Waals surface area contributed by atoms with Crippen LogP contribution in [0.15, 0.2) is 48.7 Å². The summed E-state index contributed by atoms with van der Waals surface area (Å²) in [5, 5.41) is 11.2. The van der Waals surface area contributed by atoms with Gasteiger partial charge in [0.2, 0.25) is 12.5 Å². The second-order valence-corrected chi connectivity index (χ2v) is 11.5. The number of hydrogen-bond donors (Lipinski definition) is 1. The van der Waals surface area contributed by atoms with Crippen LogP contribution >= 0.6 is 11.6 Å². The molecule has 14 heteroatoms. The number of rotatable bonds is 8. The van der Waals surface area contributed by atoms with Crippen LogP contribution < -0.4 is 29.0 Å². The highest BCUT2D eigenvalue weighted by molar-refractivity contribution is 6.30. The minimum Gasteiger partial charge on any atom is -0.493 e. The third-order valence-corrected chi connectivity index (χ3v) is 8.93. The molecule has 0 bridgehead atoms. The Hall–Kier alpha value is -5.04. The predicted molar refractivity (Wildman–Crippen MR) is 159 cm³/mol. The van der Waals surface area contributed by atoms with Gasteiger partial charge in [0.15, 0.2) is 28.7 Å². The van der Waals surface area contributed by atoms with E-state index in [1.165, 1.54) is 44.3 Å². The fourth-order valence-corrected chi connectivity index (χ4v) is 6.67. The van der Waals surface area contributed by atoms with Crippen LogP contribution in [0, 0.1) is 17.7 Å². The first kappa shape index (κ1) is 29.7. The smallest absolute Gasteiger partial charge is 0.310 e. The molecule has 238 valence electrons. The van der Waals surface area contributed by atoms with Gasteiger partial charge in [0, 0.05) is 11.8 Å². The molecular weight excluding hydrogens is 623 g/mol. The minimum atomic E-state index is -0.670. The molecule has 1 saturated heterocycles. The molecule has 3 heterocycles. The van der Waals surface area contributed by atoms with Gasteiger partial charge < -0.3 is 33.7 Å². The number of aromatic nitrogens is 3. The van der Waals surface area contributed by atoms with Crippen LogP contribution in [0.25, 0.3) is 0 Å². The Morgan fingerprint density at radius 3 is 2.41 bits per heavy atom. The summed E-state index contributed by atoms with van der Waals surface area (Å²) in [4.78, 5) is 27.1. The summed E-state index contributed by atoms with van der Waals surface area (Å²) < 4.78 is 49.2. The number of halogens is 2. The third-order valence-electron chi connectivity index (χ3n) is 8.62. The van der Waals surface area contributed by atoms with Crippen LogP contribution in [-0.4, -0.2) is 61.6 Å². The number of carbonyl (C=O) groups excluding carboxylic acids is 2. The van der Waals surface area contributed by atoms with Gasteiger partial charge in [0.25, 0.3) is 5.91 Å². The van der Waals surface area contributed by atoms with E-state index in [-0.39, 0.29) is 30.7 Å². The predicted octanol–water partition coefficient (Wildman–Crippen LogP) is 4.28. The van der Waals surface area contributed by atoms with Gasteiger partial charge in [-0.3, -0.25) is 9.59 Å². The highest BCUT2D eigenvalue weighted by atomic mass is 35.5. The number of ether oxygens (including phenoxy) is 6. The molecule has 1 aromatic heterocycles. The summed E-state index contributed by atoms with van der Waals surface area (Å²) in [6.45, 7) is 0.297. The van der Waals surface area contributed by atoms with Crippen LogP contribution in [-0.2, 0) is 16.1 Å². The second-order valence-electron chi connectivity index (χ2n) is 11.1. The van der Waals surface area contributed by atoms with Crippen molar-refractivity contribution in [2.75, 3.05) is 34.7 Å². The van der Waals surface area contributed by atoms with Crippen molar-refractivity contribution < 1.29 is 42.4 Å². The van der Waals surface area contributed by atoms with E-state index in [0.29, 0.717) is 34.3 Å². The van der Waals surface area contributed by atoms with Gasteiger partial charge in [0.05, 0.1) is 57.7 Å². The van der Waals surface area contributed by atoms with Crippen molar-refractivity contribution in [3.05, 3.63) is 87.4 Å². The molecule has 0 spiro atoms. The van der Waals surface area contributed by atoms with Crippen molar-refractivity contribution in [2.24, 2.45) is 11.8 Å². The van der Waals surface area contributed by atoms with Gasteiger partial charge in [-0.25, -0.2) is 9.07 Å². The van der Waals surface area contributed by atoms with Gasteiger partial charge in [-0.2, -0.15) is 0 Å². The highest BCUT2D eigenvalue weighted by Crippen LogP contribution is 2.55. The summed E-state index contributed by atoms with van der Waals surface area (Å²) >= 11 is 5.80. The lowest BCUT2D eigenvalue weighted by atomic mass is 9.65. The second kappa shape index (κ2) is 11.7. The van der Waals surface area contributed by atoms with Crippen molar-refractivity contribution in [3.8, 4) is 28.7 Å². The number of methoxy groups -OCH3 is 3. The number of esters is 1. The van der Waals surface area contributed by atoms with E-state index < -0.39 is 41.5 Å². The Morgan fingerprint density at radius 1 is 1.02 bits per heavy atom. The standard InChI is InChI=1S/C32H28ClFN4O8/c1-41-25-7-16(8-26(42-2)30(25)43-3)27-17-9-23-24(46-14-45-23)10-18(17)29(19-13-44-32(40)28(19)27)35-31(39)22-12-38(37-36-22)11-15-4-5-20(33)21(34)6-15/h4-10,12,19,27-29H,11,13-14H2,1-3H3,(H,35,39)/t19-,27+,28-,29+/m0/s1. The first-order chi connectivity index (χ1) is 22.3. The third kappa shape index (κ3) is 5.00. The topological polar surface area (TPSA) is 132 Å². The Labute approximate surface area is 267 Å². The summed E-state index contributed by atoms with van der Waals surface area (Å²) in [5.41, 5.74) is 2.86. The molecule has 4 atom stereocenters. The van der Waals surface area contributed by atoms with Crippen LogP contribution in [0.5, 0.6) is 28.7 Å². The molecule has 4 aromatic rings. The lowest BCUT2D eigenvalue weighted by Gasteiger charge is -2.39. The Morgan fingerprint density at radius 2 is 1.74 bits per heavy atom. The monoisotopic (exact) mass is 650 g/mol. The highest BCUT2D eigenvalue weighted by Gasteiger charge is 2.53. The van der Waals surface area contributed by atoms with Gasteiger partial charge in [-0.05, 0) is 58.7 Å². The fourth-order valence-electron chi connectivity index (χ4n) is 6.55. The fraction of sp³-hybridized carbons (Fsp3) is 0.312. The number of carbonyl (C=O) groups is 2. The normalized spacial score (nSPS) is 20.8. The molecule has 3 aliphatic rings. The molecule has 7 rings (SSSR count). The van der Waals surface area contributed by atoms with Crippen LogP contribution in [0.3, 0.4) is 0 Å². The molecule has 0 saturated carbocycles. The van der Waals surface area contributed by atoms with Gasteiger partial charge in [0.1, 0.15) is 5.82 Å². The Kier molecular flexibility index (Phi) is 7.55. The maximum atomic E-state index is 13.9. The molecule has 1 N–H and O–H groups in total. The van der Waals surface area contributed by atoms with Crippen LogP contribution in [0.4, 0.5) is 4.39 Å². The summed E-state index contributed by atoms with van der Waals surface area (Å²) in [6.07, 6.45) is 1.47. The summed E-state index contributed by atoms with van der Waals surface area (Å²) in [5.74, 6) is -0.756. The first-order valence-electron chi connectivity index (χ1n) is 14.3. The molecule has 0 radical (unpaired) electrons. The zero-order chi connectivity index (χ0) is 32.1. The van der Waals surface area contributed by atoms with Crippen molar-refractivity contribution in [3.63, 3.8) is 0 Å². The van der Waals surface area contributed by atoms with Crippen molar-refractivity contribution in [2.45, 2.75) is 18.5 Å². The number of amides is 1. The molecule has 3 aromatic carbocycles. The SMILES string of the molecule is COc1cc([C@@H]2c3cc4c(cc3[C@@H](NC(=O)c3cn(Cc5ccc(Cl)c(F)c5)nn3)[C@H]3COC(=O)[C@H]23)OCO4)cc(OC)c1OC. The van der Waals surface area contributed by atoms with Crippen molar-refractivity contribution >= 4 is 23.5 Å². The molecule has 2 aliphatic heterocycles. The van der Waals surface area contributed by atoms with Gasteiger partial charge in [-0.1, -0.05) is 22.9 Å². The number of hydrogen-bond acceptors (Lipinski definition) is 10. The van der Waals surface area contributed by atoms with E-state index in [0.717, 1.165) is 16.7 Å². The van der Waals surface area contributed by atoms with E-state index in [1.807, 2.05) is 24.3 Å². The maximum absolute atomic E-state index is 13.9. The molecule has 12 nitrogen and oxygen atoms in total. The quantitative estimate of drug-likeness (QED) is 0.276. The maximum Gasteiger partial charge on any atom is 0.310 e.